The summed E-state index contributed by atoms with van der Waals surface area (Å²) in [6, 6.07) is 21.7. The van der Waals surface area contributed by atoms with Crippen molar-refractivity contribution in [3.8, 4) is 0 Å². The number of rotatable bonds is 6. The third-order valence-electron chi connectivity index (χ3n) is 6.45. The van der Waals surface area contributed by atoms with E-state index < -0.39 is 0 Å². The van der Waals surface area contributed by atoms with Gasteiger partial charge >= 0.3 is 0 Å². The Kier molecular flexibility index (Phi) is 7.34. The molecular formula is C25H33N3OS. The molecule has 4 rings (SSSR count). The highest BCUT2D eigenvalue weighted by Crippen LogP contribution is 2.34. The fourth-order valence-electron chi connectivity index (χ4n) is 4.59. The lowest BCUT2D eigenvalue weighted by atomic mass is 9.74. The van der Waals surface area contributed by atoms with Crippen molar-refractivity contribution in [2.75, 3.05) is 45.6 Å². The molecule has 0 saturated carbocycles. The Labute approximate surface area is 185 Å². The number of likely N-dealkylation sites (tertiary alicyclic amines) is 1. The Hall–Kier alpha value is -1.98. The first kappa shape index (κ1) is 21.3. The second kappa shape index (κ2) is 10.4. The van der Waals surface area contributed by atoms with E-state index in [0.29, 0.717) is 5.92 Å². The van der Waals surface area contributed by atoms with Crippen molar-refractivity contribution in [3.05, 3.63) is 66.2 Å². The van der Waals surface area contributed by atoms with Crippen molar-refractivity contribution < 1.29 is 4.74 Å². The Morgan fingerprint density at radius 1 is 1.10 bits per heavy atom. The Morgan fingerprint density at radius 3 is 2.50 bits per heavy atom. The summed E-state index contributed by atoms with van der Waals surface area (Å²) in [4.78, 5) is 8.43. The largest absolute Gasteiger partial charge is 0.381 e. The zero-order valence-electron chi connectivity index (χ0n) is 17.9. The molecule has 0 amide bonds. The van der Waals surface area contributed by atoms with Gasteiger partial charge in [0.25, 0.3) is 0 Å². The Balaban J connectivity index is 1.34. The zero-order chi connectivity index (χ0) is 20.7. The van der Waals surface area contributed by atoms with Crippen LogP contribution in [0.1, 0.15) is 24.8 Å². The molecule has 0 bridgehead atoms. The topological polar surface area (TPSA) is 36.9 Å². The molecule has 0 spiro atoms. The van der Waals surface area contributed by atoms with E-state index in [0.717, 1.165) is 51.6 Å². The molecule has 2 fully saturated rings. The van der Waals surface area contributed by atoms with Gasteiger partial charge < -0.3 is 15.0 Å². The van der Waals surface area contributed by atoms with Gasteiger partial charge in [0, 0.05) is 56.0 Å². The van der Waals surface area contributed by atoms with Crippen LogP contribution in [0.25, 0.3) is 0 Å². The summed E-state index contributed by atoms with van der Waals surface area (Å²) in [5.74, 6) is 2.92. The van der Waals surface area contributed by atoms with E-state index >= 15 is 0 Å². The number of nitrogens with one attached hydrogen (secondary N) is 1. The van der Waals surface area contributed by atoms with Gasteiger partial charge in [-0.2, -0.15) is 0 Å². The SMILES string of the molecule is CN=C(NCC1(c2ccccc2)CCOCC1)N1CCC(CSc2ccccc2)C1. The van der Waals surface area contributed by atoms with Gasteiger partial charge in [0.1, 0.15) is 0 Å². The monoisotopic (exact) mass is 423 g/mol. The van der Waals surface area contributed by atoms with E-state index in [1.54, 1.807) is 0 Å². The second-order valence-corrected chi connectivity index (χ2v) is 9.48. The van der Waals surface area contributed by atoms with Crippen molar-refractivity contribution in [3.63, 3.8) is 0 Å². The summed E-state index contributed by atoms with van der Waals surface area (Å²) in [6.07, 6.45) is 3.34. The zero-order valence-corrected chi connectivity index (χ0v) is 18.7. The summed E-state index contributed by atoms with van der Waals surface area (Å²) in [6.45, 7) is 4.74. The maximum atomic E-state index is 5.69. The highest BCUT2D eigenvalue weighted by molar-refractivity contribution is 7.99. The van der Waals surface area contributed by atoms with Gasteiger partial charge in [-0.25, -0.2) is 0 Å². The van der Waals surface area contributed by atoms with Gasteiger partial charge in [-0.15, -0.1) is 11.8 Å². The minimum absolute atomic E-state index is 0.123. The minimum Gasteiger partial charge on any atom is -0.381 e. The van der Waals surface area contributed by atoms with Crippen LogP contribution in [0.15, 0.2) is 70.6 Å². The van der Waals surface area contributed by atoms with E-state index in [4.69, 9.17) is 4.74 Å². The molecule has 0 aromatic heterocycles. The summed E-state index contributed by atoms with van der Waals surface area (Å²) in [7, 11) is 1.91. The van der Waals surface area contributed by atoms with Gasteiger partial charge in [-0.05, 0) is 42.9 Å². The fourth-order valence-corrected chi connectivity index (χ4v) is 5.64. The number of hydrogen-bond donors (Lipinski definition) is 1. The van der Waals surface area contributed by atoms with Crippen molar-refractivity contribution in [1.82, 2.24) is 10.2 Å². The normalized spacial score (nSPS) is 21.6. The quantitative estimate of drug-likeness (QED) is 0.424. The van der Waals surface area contributed by atoms with Gasteiger partial charge in [0.05, 0.1) is 0 Å². The molecule has 160 valence electrons. The molecule has 0 aliphatic carbocycles. The summed E-state index contributed by atoms with van der Waals surface area (Å²) in [5.41, 5.74) is 1.53. The number of guanidine groups is 1. The van der Waals surface area contributed by atoms with Gasteiger partial charge in [-0.3, -0.25) is 4.99 Å². The predicted octanol–water partition coefficient (Wildman–Crippen LogP) is 4.42. The molecule has 30 heavy (non-hydrogen) atoms. The highest BCUT2D eigenvalue weighted by atomic mass is 32.2. The van der Waals surface area contributed by atoms with Crippen LogP contribution < -0.4 is 5.32 Å². The van der Waals surface area contributed by atoms with Crippen LogP contribution in [-0.4, -0.2) is 56.5 Å². The van der Waals surface area contributed by atoms with E-state index in [2.05, 4.69) is 75.9 Å². The van der Waals surface area contributed by atoms with Crippen molar-refractivity contribution in [2.45, 2.75) is 29.6 Å². The van der Waals surface area contributed by atoms with E-state index in [9.17, 15) is 0 Å². The number of aliphatic imine (C=N–C) groups is 1. The average molecular weight is 424 g/mol. The second-order valence-electron chi connectivity index (χ2n) is 8.38. The van der Waals surface area contributed by atoms with E-state index in [1.165, 1.54) is 22.6 Å². The molecule has 0 radical (unpaired) electrons. The van der Waals surface area contributed by atoms with Crippen LogP contribution in [0.5, 0.6) is 0 Å². The standard InChI is InChI=1S/C25H33N3OS/c1-26-24(28-15-12-21(18-28)19-30-23-10-6-3-7-11-23)27-20-25(13-16-29-17-14-25)22-8-4-2-5-9-22/h2-11,21H,12-20H2,1H3,(H,26,27). The first-order valence-electron chi connectivity index (χ1n) is 11.1. The van der Waals surface area contributed by atoms with Crippen LogP contribution in [0.2, 0.25) is 0 Å². The molecule has 1 unspecified atom stereocenters. The minimum atomic E-state index is 0.123. The lowest BCUT2D eigenvalue weighted by Crippen LogP contribution is -2.48. The van der Waals surface area contributed by atoms with Crippen LogP contribution in [-0.2, 0) is 10.2 Å². The summed E-state index contributed by atoms with van der Waals surface area (Å²) in [5, 5.41) is 3.73. The summed E-state index contributed by atoms with van der Waals surface area (Å²) < 4.78 is 5.69. The van der Waals surface area contributed by atoms with E-state index in [-0.39, 0.29) is 5.41 Å². The molecule has 2 aromatic carbocycles. The molecule has 2 heterocycles. The van der Waals surface area contributed by atoms with Crippen LogP contribution in [0.3, 0.4) is 0 Å². The third-order valence-corrected chi connectivity index (χ3v) is 7.69. The maximum Gasteiger partial charge on any atom is 0.193 e. The van der Waals surface area contributed by atoms with Gasteiger partial charge in [0.15, 0.2) is 5.96 Å². The smallest absolute Gasteiger partial charge is 0.193 e. The molecule has 4 nitrogen and oxygen atoms in total. The van der Waals surface area contributed by atoms with E-state index in [1.807, 2.05) is 18.8 Å². The average Bonchev–Trinajstić information content (AvgIpc) is 3.29. The maximum absolute atomic E-state index is 5.69. The Morgan fingerprint density at radius 2 is 1.80 bits per heavy atom. The van der Waals surface area contributed by atoms with Crippen LogP contribution >= 0.6 is 11.8 Å². The number of nitrogens with zero attached hydrogens (tertiary/aromatic N) is 2. The number of benzene rings is 2. The first-order valence-corrected chi connectivity index (χ1v) is 12.0. The molecular weight excluding hydrogens is 390 g/mol. The van der Waals surface area contributed by atoms with Crippen molar-refractivity contribution in [2.24, 2.45) is 10.9 Å². The molecule has 2 aliphatic heterocycles. The number of hydrogen-bond acceptors (Lipinski definition) is 3. The summed E-state index contributed by atoms with van der Waals surface area (Å²) >= 11 is 1.97. The Bertz CT molecular complexity index is 806. The van der Waals surface area contributed by atoms with Gasteiger partial charge in [-0.1, -0.05) is 48.5 Å². The highest BCUT2D eigenvalue weighted by Gasteiger charge is 2.35. The van der Waals surface area contributed by atoms with Crippen LogP contribution in [0.4, 0.5) is 0 Å². The molecule has 2 aliphatic rings. The van der Waals surface area contributed by atoms with Gasteiger partial charge in [0.2, 0.25) is 0 Å². The number of ether oxygens (including phenoxy) is 1. The van der Waals surface area contributed by atoms with Crippen molar-refractivity contribution in [1.29, 1.82) is 0 Å². The van der Waals surface area contributed by atoms with Crippen LogP contribution in [0, 0.1) is 5.92 Å². The molecule has 1 atom stereocenters. The third kappa shape index (κ3) is 5.19. The fraction of sp³-hybridized carbons (Fsp3) is 0.480. The molecule has 2 saturated heterocycles. The van der Waals surface area contributed by atoms with Crippen molar-refractivity contribution >= 4 is 17.7 Å². The molecule has 5 heteroatoms. The first-order chi connectivity index (χ1) is 14.8. The lowest BCUT2D eigenvalue weighted by molar-refractivity contribution is 0.0512. The number of thioether (sulfide) groups is 1. The molecule has 2 aromatic rings. The lowest BCUT2D eigenvalue weighted by Gasteiger charge is -2.39. The molecule has 1 N–H and O–H groups in total. The predicted molar refractivity (Wildman–Crippen MR) is 126 cm³/mol.